The molecule has 1 aromatic carbocycles. The maximum Gasteiger partial charge on any atom is 0.326 e. The molecule has 0 saturated heterocycles. The Balaban J connectivity index is 2.23. The number of amides is 5. The molecule has 5 amide bonds. The van der Waals surface area contributed by atoms with Crippen molar-refractivity contribution in [3.8, 4) is 5.75 Å². The quantitative estimate of drug-likeness (QED) is 0.0152. The molecule has 0 saturated carbocycles. The summed E-state index contributed by atoms with van der Waals surface area (Å²) >= 11 is 0. The summed E-state index contributed by atoms with van der Waals surface area (Å²) in [5, 5.41) is 37.5. The minimum atomic E-state index is -3.86. The highest BCUT2D eigenvalue weighted by molar-refractivity contribution is 7.85. The molecule has 0 aliphatic carbocycles. The molecule has 1 aromatic rings. The number of benzene rings is 1. The minimum Gasteiger partial charge on any atom is -0.508 e. The number of carbonyl (C=O) groups is 9. The smallest absolute Gasteiger partial charge is 0.326 e. The Morgan fingerprint density at radius 1 is 0.528 bits per heavy atom. The number of primary amides is 1. The fourth-order valence-corrected chi connectivity index (χ4v) is 10.3. The van der Waals surface area contributed by atoms with Crippen molar-refractivity contribution in [2.75, 3.05) is 71.7 Å². The van der Waals surface area contributed by atoms with Gasteiger partial charge in [-0.15, -0.1) is 0 Å². The van der Waals surface area contributed by atoms with Crippen LogP contribution in [0.15, 0.2) is 24.3 Å². The maximum absolute atomic E-state index is 13.9. The van der Waals surface area contributed by atoms with Crippen molar-refractivity contribution in [1.29, 1.82) is 5.41 Å². The van der Waals surface area contributed by atoms with E-state index in [-0.39, 0.29) is 162 Å². The Bertz CT molecular complexity index is 2340. The van der Waals surface area contributed by atoms with Crippen LogP contribution in [0.5, 0.6) is 5.75 Å². The third-order valence-electron chi connectivity index (χ3n) is 14.6. The number of phenols is 1. The van der Waals surface area contributed by atoms with Gasteiger partial charge in [-0.1, -0.05) is 109 Å². The van der Waals surface area contributed by atoms with Crippen LogP contribution < -0.4 is 32.7 Å². The molecular weight excluding hydrogens is 1170 g/mol. The average molecular weight is 1280 g/mol. The second-order valence-electron chi connectivity index (χ2n) is 23.3. The zero-order chi connectivity index (χ0) is 66.1. The lowest BCUT2D eigenvalue weighted by Crippen LogP contribution is -2.48. The molecule has 25 nitrogen and oxygen atoms in total. The van der Waals surface area contributed by atoms with Gasteiger partial charge in [-0.05, 0) is 75.0 Å². The first-order valence-corrected chi connectivity index (χ1v) is 33.6. The van der Waals surface area contributed by atoms with Gasteiger partial charge in [-0.25, -0.2) is 4.79 Å². The Morgan fingerprint density at radius 2 is 1.08 bits per heavy atom. The predicted molar refractivity (Wildman–Crippen MR) is 336 cm³/mol. The lowest BCUT2D eigenvalue weighted by Gasteiger charge is -2.23. The Morgan fingerprint density at radius 3 is 1.67 bits per heavy atom. The molecule has 1 rings (SSSR count). The predicted octanol–water partition coefficient (Wildman–Crippen LogP) is 6.12. The van der Waals surface area contributed by atoms with Crippen LogP contribution in [0.2, 0.25) is 0 Å². The van der Waals surface area contributed by atoms with Gasteiger partial charge in [0.15, 0.2) is 5.78 Å². The van der Waals surface area contributed by atoms with Crippen molar-refractivity contribution in [2.45, 2.75) is 212 Å². The number of amidine groups is 1. The standard InChI is InChI=1S/C63H107N7O18S/c1-47(2)41-53(73)43-49(56(74)44-50(22-15-16-24-57(64)65)62(79)70-55(61(66)78)42-48-26-28-51(71)29-27-48)21-17-18-32-67-60(77)46-88-39-36-85-34-20-23-52(72)45-87-38-37-86-35-33-68-58(75)31-30-54(63(80)81)69-59(76)25-14-12-10-8-6-4-3-5-7-9-11-13-19-40-89(82,83)84/h26-29,47,49-50,54-55,71H,3-25,30-46H2,1-2H3,(H3,64,65)(H2,66,78)(H,67,77)(H,68,75)(H,69,76)(H,70,79)(H,80,81)(H,82,83,84)/t49-,50-,54+,55+/m1/s1. The Kier molecular flexibility index (Phi) is 46.3. The van der Waals surface area contributed by atoms with Crippen LogP contribution in [0.1, 0.15) is 199 Å². The molecule has 0 aliphatic rings. The normalized spacial score (nSPS) is 12.8. The molecule has 4 atom stereocenters. The molecule has 0 radical (unpaired) electrons. The second-order valence-corrected chi connectivity index (χ2v) is 24.9. The van der Waals surface area contributed by atoms with Crippen LogP contribution in [0.3, 0.4) is 0 Å². The fraction of sp³-hybridized carbons (Fsp3) is 0.746. The molecule has 26 heteroatoms. The number of aromatic hydroxyl groups is 1. The van der Waals surface area contributed by atoms with E-state index in [4.69, 9.17) is 40.4 Å². The molecule has 0 bridgehead atoms. The number of unbranched alkanes of at least 4 members (excludes halogenated alkanes) is 14. The van der Waals surface area contributed by atoms with Gasteiger partial charge < -0.3 is 61.9 Å². The van der Waals surface area contributed by atoms with Gasteiger partial charge in [0.1, 0.15) is 42.6 Å². The van der Waals surface area contributed by atoms with E-state index in [0.29, 0.717) is 82.9 Å². The summed E-state index contributed by atoms with van der Waals surface area (Å²) in [5.41, 5.74) is 11.8. The molecule has 0 aliphatic heterocycles. The maximum atomic E-state index is 13.9. The van der Waals surface area contributed by atoms with Crippen molar-refractivity contribution < 1.29 is 85.3 Å². The Labute approximate surface area is 527 Å². The number of ketones is 3. The third kappa shape index (κ3) is 47.7. The van der Waals surface area contributed by atoms with Gasteiger partial charge in [0.2, 0.25) is 29.5 Å². The molecule has 0 aromatic heterocycles. The number of nitrogens with two attached hydrogens (primary N) is 2. The highest BCUT2D eigenvalue weighted by Gasteiger charge is 2.30. The van der Waals surface area contributed by atoms with E-state index in [2.05, 4.69) is 21.3 Å². The number of nitrogens with one attached hydrogen (secondary N) is 5. The topological polar surface area (TPSA) is 409 Å². The van der Waals surface area contributed by atoms with E-state index < -0.39 is 51.8 Å². The number of carboxylic acids is 1. The molecule has 89 heavy (non-hydrogen) atoms. The van der Waals surface area contributed by atoms with Crippen LogP contribution >= 0.6 is 0 Å². The summed E-state index contributed by atoms with van der Waals surface area (Å²) < 4.78 is 52.0. The molecule has 0 fully saturated rings. The number of phenolic OH excluding ortho intramolecular Hbond substituents is 1. The van der Waals surface area contributed by atoms with Gasteiger partial charge in [0.25, 0.3) is 10.1 Å². The SMILES string of the molecule is CC(C)CC(=O)C[C@@H](CCCCNC(=O)COCCOCCCC(=O)COCCOCCNC(=O)CC[C@H](NC(=O)CCCCCCCCCCCCCCCS(=O)(=O)O)C(=O)O)C(=O)C[C@@H](CCCCC(=N)N)C(=O)N[C@@H](Cc1ccc(O)cc1)C(N)=O. The van der Waals surface area contributed by atoms with Gasteiger partial charge >= 0.3 is 5.97 Å². The second kappa shape index (κ2) is 50.8. The molecule has 508 valence electrons. The van der Waals surface area contributed by atoms with Gasteiger partial charge in [-0.3, -0.25) is 48.3 Å². The van der Waals surface area contributed by atoms with Gasteiger partial charge in [0.05, 0.1) is 44.6 Å². The van der Waals surface area contributed by atoms with Gasteiger partial charge in [0, 0.05) is 82.9 Å². The zero-order valence-corrected chi connectivity index (χ0v) is 53.8. The fourth-order valence-electron chi connectivity index (χ4n) is 9.71. The van der Waals surface area contributed by atoms with E-state index in [1.54, 1.807) is 12.1 Å². The van der Waals surface area contributed by atoms with Crippen molar-refractivity contribution in [3.63, 3.8) is 0 Å². The minimum absolute atomic E-state index is 0.00109. The van der Waals surface area contributed by atoms with Crippen molar-refractivity contribution in [1.82, 2.24) is 21.3 Å². The summed E-state index contributed by atoms with van der Waals surface area (Å²) in [6, 6.07) is 3.87. The third-order valence-corrected chi connectivity index (χ3v) is 15.4. The lowest BCUT2D eigenvalue weighted by atomic mass is 9.84. The van der Waals surface area contributed by atoms with E-state index in [9.17, 15) is 61.8 Å². The Hall–Kier alpha value is -5.93. The summed E-state index contributed by atoms with van der Waals surface area (Å²) in [6.07, 6.45) is 16.4. The van der Waals surface area contributed by atoms with Crippen LogP contribution in [0, 0.1) is 23.2 Å². The van der Waals surface area contributed by atoms with Crippen molar-refractivity contribution >= 4 is 68.8 Å². The number of ether oxygens (including phenoxy) is 4. The summed E-state index contributed by atoms with van der Waals surface area (Å²) in [7, 11) is -3.86. The number of carboxylic acid groups (broad SMARTS) is 1. The first kappa shape index (κ1) is 81.1. The first-order chi connectivity index (χ1) is 42.4. The van der Waals surface area contributed by atoms with Crippen LogP contribution in [0.25, 0.3) is 0 Å². The highest BCUT2D eigenvalue weighted by atomic mass is 32.2. The monoisotopic (exact) mass is 1280 g/mol. The van der Waals surface area contributed by atoms with Crippen LogP contribution in [-0.2, 0) is 78.6 Å². The number of Topliss-reactive ketones (excluding diaryl/α,β-unsaturated/α-hetero) is 3. The number of hydrogen-bond donors (Lipinski definition) is 10. The largest absolute Gasteiger partial charge is 0.508 e. The molecule has 0 spiro atoms. The van der Waals surface area contributed by atoms with Crippen molar-refractivity contribution in [3.05, 3.63) is 29.8 Å². The molecule has 12 N–H and O–H groups in total. The lowest BCUT2D eigenvalue weighted by molar-refractivity contribution is -0.142. The zero-order valence-electron chi connectivity index (χ0n) is 53.0. The first-order valence-electron chi connectivity index (χ1n) is 32.0. The molecule has 0 unspecified atom stereocenters. The number of rotatable bonds is 60. The summed E-state index contributed by atoms with van der Waals surface area (Å²) in [4.78, 5) is 114. The molecular formula is C63H107N7O18S. The van der Waals surface area contributed by atoms with Crippen molar-refractivity contribution in [2.24, 2.45) is 29.2 Å². The number of carbonyl (C=O) groups excluding carboxylic acids is 8. The van der Waals surface area contributed by atoms with E-state index in [0.717, 1.165) is 70.6 Å². The highest BCUT2D eigenvalue weighted by Crippen LogP contribution is 2.24. The van der Waals surface area contributed by atoms with E-state index in [1.165, 1.54) is 12.1 Å². The summed E-state index contributed by atoms with van der Waals surface area (Å²) in [6.45, 7) is 5.16. The van der Waals surface area contributed by atoms with Crippen LogP contribution in [0.4, 0.5) is 0 Å². The molecule has 0 heterocycles. The van der Waals surface area contributed by atoms with E-state index in [1.807, 2.05) is 13.8 Å². The number of hydrogen-bond acceptors (Lipinski definition) is 17. The summed E-state index contributed by atoms with van der Waals surface area (Å²) in [5.74, 6) is -5.60. The van der Waals surface area contributed by atoms with Crippen LogP contribution in [-0.4, -0.2) is 166 Å². The average Bonchev–Trinajstić information content (AvgIpc) is 3.34. The van der Waals surface area contributed by atoms with E-state index >= 15 is 0 Å². The van der Waals surface area contributed by atoms with Gasteiger partial charge in [-0.2, -0.15) is 8.42 Å². The number of aliphatic carboxylic acids is 1.